The lowest BCUT2D eigenvalue weighted by Crippen LogP contribution is -2.47. The van der Waals surface area contributed by atoms with Crippen molar-refractivity contribution in [2.24, 2.45) is 0 Å². The Balaban J connectivity index is 1.89. The summed E-state index contributed by atoms with van der Waals surface area (Å²) in [6.07, 6.45) is 0. The molecule has 6 nitrogen and oxygen atoms in total. The number of hydroxylamine groups is 2. The number of carbonyl (C=O) groups excluding carboxylic acids is 1. The summed E-state index contributed by atoms with van der Waals surface area (Å²) in [7, 11) is 1.72. The molecule has 29 heavy (non-hydrogen) atoms. The van der Waals surface area contributed by atoms with E-state index >= 15 is 0 Å². The van der Waals surface area contributed by atoms with Crippen molar-refractivity contribution in [2.75, 3.05) is 52.1 Å². The summed E-state index contributed by atoms with van der Waals surface area (Å²) in [5.74, 6) is 0.0794. The Hall–Kier alpha value is -2.41. The molecule has 1 amide bonds. The van der Waals surface area contributed by atoms with Gasteiger partial charge in [0.2, 0.25) is 0 Å². The summed E-state index contributed by atoms with van der Waals surface area (Å²) in [6.45, 7) is 8.94. The quantitative estimate of drug-likeness (QED) is 0.729. The number of nitrogens with two attached hydrogens (primary N) is 1. The molecule has 1 atom stereocenters. The Morgan fingerprint density at radius 1 is 1.03 bits per heavy atom. The highest BCUT2D eigenvalue weighted by molar-refractivity contribution is 5.94. The van der Waals surface area contributed by atoms with Crippen molar-refractivity contribution < 1.29 is 9.63 Å². The van der Waals surface area contributed by atoms with Gasteiger partial charge in [-0.05, 0) is 49.2 Å². The van der Waals surface area contributed by atoms with Crippen molar-refractivity contribution in [1.29, 1.82) is 0 Å². The van der Waals surface area contributed by atoms with Crippen LogP contribution in [0.5, 0.6) is 0 Å². The molecule has 0 aromatic heterocycles. The van der Waals surface area contributed by atoms with Crippen molar-refractivity contribution in [3.63, 3.8) is 0 Å². The van der Waals surface area contributed by atoms with Crippen LogP contribution in [0.25, 0.3) is 0 Å². The number of hydrogen-bond acceptors (Lipinski definition) is 5. The number of benzene rings is 2. The molecule has 1 unspecified atom stereocenters. The Morgan fingerprint density at radius 3 is 2.24 bits per heavy atom. The van der Waals surface area contributed by atoms with E-state index in [1.807, 2.05) is 54.1 Å². The lowest BCUT2D eigenvalue weighted by atomic mass is 9.95. The lowest BCUT2D eigenvalue weighted by Gasteiger charge is -2.38. The maximum absolute atomic E-state index is 12.7. The summed E-state index contributed by atoms with van der Waals surface area (Å²) in [5, 5.41) is 1.98. The van der Waals surface area contributed by atoms with Crippen LogP contribution in [0.3, 0.4) is 0 Å². The van der Waals surface area contributed by atoms with Crippen molar-refractivity contribution in [1.82, 2.24) is 14.9 Å². The van der Waals surface area contributed by atoms with E-state index in [0.29, 0.717) is 13.1 Å². The molecule has 0 spiro atoms. The molecule has 0 aliphatic carbocycles. The van der Waals surface area contributed by atoms with E-state index in [1.165, 1.54) is 5.56 Å². The van der Waals surface area contributed by atoms with Crippen LogP contribution in [-0.2, 0) is 4.84 Å². The second-order valence-corrected chi connectivity index (χ2v) is 7.32. The third-order valence-electron chi connectivity index (χ3n) is 5.65. The van der Waals surface area contributed by atoms with Crippen molar-refractivity contribution in [3.8, 4) is 0 Å². The Kier molecular flexibility index (Phi) is 7.25. The Labute approximate surface area is 173 Å². The highest BCUT2D eigenvalue weighted by Crippen LogP contribution is 2.31. The lowest BCUT2D eigenvalue weighted by molar-refractivity contribution is -0.154. The van der Waals surface area contributed by atoms with E-state index in [1.54, 1.807) is 7.11 Å². The molecule has 2 aromatic carbocycles. The predicted octanol–water partition coefficient (Wildman–Crippen LogP) is 3.02. The fourth-order valence-corrected chi connectivity index (χ4v) is 3.99. The molecule has 1 aliphatic heterocycles. The van der Waals surface area contributed by atoms with Gasteiger partial charge in [0.25, 0.3) is 5.91 Å². The van der Waals surface area contributed by atoms with Crippen LogP contribution in [0.4, 0.5) is 5.69 Å². The topological polar surface area (TPSA) is 62.0 Å². The molecule has 0 radical (unpaired) electrons. The average molecular weight is 397 g/mol. The van der Waals surface area contributed by atoms with Crippen LogP contribution in [0, 0.1) is 0 Å². The molecule has 6 heteroatoms. The zero-order valence-electron chi connectivity index (χ0n) is 17.7. The highest BCUT2D eigenvalue weighted by Gasteiger charge is 2.27. The van der Waals surface area contributed by atoms with Crippen molar-refractivity contribution in [2.45, 2.75) is 19.9 Å². The highest BCUT2D eigenvalue weighted by atomic mass is 16.7. The Morgan fingerprint density at radius 2 is 1.69 bits per heavy atom. The van der Waals surface area contributed by atoms with E-state index in [2.05, 4.69) is 23.1 Å². The number of rotatable bonds is 7. The normalized spacial score (nSPS) is 16.5. The molecule has 0 saturated carbocycles. The third kappa shape index (κ3) is 4.96. The van der Waals surface area contributed by atoms with Gasteiger partial charge in [-0.25, -0.2) is 0 Å². The van der Waals surface area contributed by atoms with Crippen LogP contribution in [0.2, 0.25) is 0 Å². The fraction of sp³-hybridized carbons (Fsp3) is 0.435. The molecule has 2 N–H and O–H groups in total. The second kappa shape index (κ2) is 9.87. The maximum Gasteiger partial charge on any atom is 0.253 e. The number of nitrogens with zero attached hydrogens (tertiary/aromatic N) is 3. The number of nitrogen functional groups attached to an aromatic ring is 1. The summed E-state index contributed by atoms with van der Waals surface area (Å²) in [6, 6.07) is 16.2. The van der Waals surface area contributed by atoms with Gasteiger partial charge in [-0.3, -0.25) is 9.69 Å². The minimum Gasteiger partial charge on any atom is -0.399 e. The van der Waals surface area contributed by atoms with Crippen molar-refractivity contribution in [3.05, 3.63) is 65.2 Å². The molecule has 1 saturated heterocycles. The molecule has 1 fully saturated rings. The van der Waals surface area contributed by atoms with Crippen LogP contribution >= 0.6 is 0 Å². The number of carbonyl (C=O) groups is 1. The molecule has 0 bridgehead atoms. The van der Waals surface area contributed by atoms with E-state index in [9.17, 15) is 4.79 Å². The summed E-state index contributed by atoms with van der Waals surface area (Å²) < 4.78 is 0. The zero-order chi connectivity index (χ0) is 20.8. The first kappa shape index (κ1) is 21.3. The first-order valence-electron chi connectivity index (χ1n) is 10.3. The molecular formula is C23H32N4O2. The average Bonchev–Trinajstić information content (AvgIpc) is 2.76. The van der Waals surface area contributed by atoms with Crippen molar-refractivity contribution >= 4 is 11.6 Å². The van der Waals surface area contributed by atoms with Gasteiger partial charge in [-0.2, -0.15) is 5.06 Å². The molecular weight excluding hydrogens is 364 g/mol. The van der Waals surface area contributed by atoms with Crippen LogP contribution in [0.15, 0.2) is 48.5 Å². The number of amides is 1. The van der Waals surface area contributed by atoms with E-state index in [0.717, 1.165) is 43.0 Å². The number of hydrogen-bond donors (Lipinski definition) is 1. The maximum atomic E-state index is 12.7. The van der Waals surface area contributed by atoms with Crippen LogP contribution in [-0.4, -0.2) is 67.1 Å². The first-order valence-corrected chi connectivity index (χ1v) is 10.3. The SMILES string of the molecule is CCN(CC)C(=O)c1ccc(C(c2cccc(N)c2)N2CCN(OC)CC2)cc1. The van der Waals surface area contributed by atoms with Gasteiger partial charge in [0.05, 0.1) is 13.2 Å². The smallest absolute Gasteiger partial charge is 0.253 e. The zero-order valence-corrected chi connectivity index (χ0v) is 17.7. The summed E-state index contributed by atoms with van der Waals surface area (Å²) in [4.78, 5) is 22.3. The molecule has 1 aliphatic rings. The van der Waals surface area contributed by atoms with Gasteiger partial charge in [0, 0.05) is 50.5 Å². The third-order valence-corrected chi connectivity index (χ3v) is 5.65. The number of anilines is 1. The number of piperazine rings is 1. The van der Waals surface area contributed by atoms with Gasteiger partial charge in [0.1, 0.15) is 0 Å². The van der Waals surface area contributed by atoms with Gasteiger partial charge >= 0.3 is 0 Å². The van der Waals surface area contributed by atoms with Gasteiger partial charge < -0.3 is 15.5 Å². The first-order chi connectivity index (χ1) is 14.1. The molecule has 1 heterocycles. The molecule has 2 aromatic rings. The van der Waals surface area contributed by atoms with Gasteiger partial charge in [0.15, 0.2) is 0 Å². The fourth-order valence-electron chi connectivity index (χ4n) is 3.99. The van der Waals surface area contributed by atoms with E-state index in [4.69, 9.17) is 10.6 Å². The minimum atomic E-state index is 0.0794. The molecule has 3 rings (SSSR count). The largest absolute Gasteiger partial charge is 0.399 e. The second-order valence-electron chi connectivity index (χ2n) is 7.32. The monoisotopic (exact) mass is 396 g/mol. The Bertz CT molecular complexity index is 797. The van der Waals surface area contributed by atoms with E-state index in [-0.39, 0.29) is 11.9 Å². The summed E-state index contributed by atoms with van der Waals surface area (Å²) in [5.41, 5.74) is 9.90. The predicted molar refractivity (Wildman–Crippen MR) is 117 cm³/mol. The molecule has 156 valence electrons. The minimum absolute atomic E-state index is 0.0794. The van der Waals surface area contributed by atoms with Crippen LogP contribution in [0.1, 0.15) is 41.4 Å². The standard InChI is InChI=1S/C23H32N4O2/c1-4-25(5-2)23(28)19-11-9-18(10-12-19)22(20-7-6-8-21(24)17-20)26-13-15-27(29-3)16-14-26/h6-12,17,22H,4-5,13-16,24H2,1-3H3. The summed E-state index contributed by atoms with van der Waals surface area (Å²) >= 11 is 0. The van der Waals surface area contributed by atoms with Gasteiger partial charge in [-0.15, -0.1) is 0 Å². The van der Waals surface area contributed by atoms with E-state index < -0.39 is 0 Å². The van der Waals surface area contributed by atoms with Gasteiger partial charge in [-0.1, -0.05) is 24.3 Å². The van der Waals surface area contributed by atoms with Crippen LogP contribution < -0.4 is 5.73 Å².